The third-order valence-electron chi connectivity index (χ3n) is 4.59. The van der Waals surface area contributed by atoms with Gasteiger partial charge in [-0.3, -0.25) is 0 Å². The molecule has 0 radical (unpaired) electrons. The first-order valence-electron chi connectivity index (χ1n) is 7.48. The maximum Gasteiger partial charge on any atom is 0.252 e. The van der Waals surface area contributed by atoms with Gasteiger partial charge in [-0.05, 0) is 72.6 Å². The summed E-state index contributed by atoms with van der Waals surface area (Å²) in [6.45, 7) is 4.35. The minimum absolute atomic E-state index is 0. The van der Waals surface area contributed by atoms with Crippen LogP contribution in [-0.2, 0) is 10.0 Å². The zero-order chi connectivity index (χ0) is 15.0. The van der Waals surface area contributed by atoms with Gasteiger partial charge >= 0.3 is 0 Å². The van der Waals surface area contributed by atoms with Crippen molar-refractivity contribution in [2.75, 3.05) is 19.6 Å². The second-order valence-corrected chi connectivity index (χ2v) is 10.5. The molecule has 2 saturated heterocycles. The second-order valence-electron chi connectivity index (χ2n) is 5.97. The highest BCUT2D eigenvalue weighted by Gasteiger charge is 2.34. The van der Waals surface area contributed by atoms with E-state index in [9.17, 15) is 8.42 Å². The van der Waals surface area contributed by atoms with Crippen LogP contribution in [0.3, 0.4) is 0 Å². The smallest absolute Gasteiger partial charge is 0.252 e. The van der Waals surface area contributed by atoms with Crippen molar-refractivity contribution in [3.05, 3.63) is 15.4 Å². The molecule has 1 aromatic heterocycles. The molecule has 0 aromatic carbocycles. The fourth-order valence-electron chi connectivity index (χ4n) is 3.32. The molecule has 126 valence electrons. The summed E-state index contributed by atoms with van der Waals surface area (Å²) in [7, 11) is -3.31. The molecule has 0 amide bonds. The molecule has 0 bridgehead atoms. The highest BCUT2D eigenvalue weighted by Crippen LogP contribution is 2.34. The monoisotopic (exact) mass is 428 g/mol. The molecular weight excluding hydrogens is 408 g/mol. The minimum atomic E-state index is -3.31. The van der Waals surface area contributed by atoms with Crippen LogP contribution in [0.25, 0.3) is 0 Å². The minimum Gasteiger partial charge on any atom is -0.314 e. The van der Waals surface area contributed by atoms with Gasteiger partial charge in [0.25, 0.3) is 10.0 Å². The van der Waals surface area contributed by atoms with Crippen LogP contribution < -0.4 is 5.32 Å². The zero-order valence-electron chi connectivity index (χ0n) is 12.5. The van der Waals surface area contributed by atoms with Gasteiger partial charge in [0.05, 0.1) is 3.79 Å². The Balaban J connectivity index is 0.00000176. The molecule has 2 aliphatic heterocycles. The van der Waals surface area contributed by atoms with Crippen molar-refractivity contribution in [3.63, 3.8) is 0 Å². The highest BCUT2D eigenvalue weighted by molar-refractivity contribution is 9.11. The van der Waals surface area contributed by atoms with Crippen LogP contribution in [0.2, 0.25) is 0 Å². The molecule has 0 spiro atoms. The van der Waals surface area contributed by atoms with Crippen molar-refractivity contribution in [1.29, 1.82) is 0 Å². The second kappa shape index (κ2) is 7.49. The Morgan fingerprint density at radius 2 is 2.00 bits per heavy atom. The standard InChI is InChI=1S/C14H21BrN2O2S2.ClH/c1-10-9-13(20-14(10)15)21(18,19)17-7-4-11(5-8-17)12-3-2-6-16-12;/h9,11-12,16H,2-8H2,1H3;1H. The number of hydrogen-bond donors (Lipinski definition) is 1. The van der Waals surface area contributed by atoms with Crippen LogP contribution in [-0.4, -0.2) is 38.4 Å². The molecule has 1 atom stereocenters. The van der Waals surface area contributed by atoms with Gasteiger partial charge in [0.2, 0.25) is 0 Å². The number of halogens is 2. The maximum absolute atomic E-state index is 12.7. The number of rotatable bonds is 3. The lowest BCUT2D eigenvalue weighted by molar-refractivity contribution is 0.234. The predicted molar refractivity (Wildman–Crippen MR) is 96.5 cm³/mol. The Hall–Kier alpha value is 0.340. The number of hydrogen-bond acceptors (Lipinski definition) is 4. The van der Waals surface area contributed by atoms with Crippen LogP contribution in [0, 0.1) is 12.8 Å². The number of nitrogens with one attached hydrogen (secondary N) is 1. The summed E-state index contributed by atoms with van der Waals surface area (Å²) in [6.07, 6.45) is 4.45. The molecule has 22 heavy (non-hydrogen) atoms. The fourth-order valence-corrected chi connectivity index (χ4v) is 7.17. The third kappa shape index (κ3) is 3.70. The summed E-state index contributed by atoms with van der Waals surface area (Å²) in [5.74, 6) is 0.635. The number of thiophene rings is 1. The van der Waals surface area contributed by atoms with E-state index in [0.717, 1.165) is 28.7 Å². The first-order valence-corrected chi connectivity index (χ1v) is 10.5. The lowest BCUT2D eigenvalue weighted by Crippen LogP contribution is -2.43. The first kappa shape index (κ1) is 18.7. The van der Waals surface area contributed by atoms with Crippen molar-refractivity contribution in [3.8, 4) is 0 Å². The largest absolute Gasteiger partial charge is 0.314 e. The molecular formula is C14H22BrClN2O2S2. The summed E-state index contributed by atoms with van der Waals surface area (Å²) < 4.78 is 28.4. The Labute approximate surface area is 151 Å². The molecule has 0 saturated carbocycles. The number of sulfonamides is 1. The van der Waals surface area contributed by atoms with Crippen LogP contribution in [0.4, 0.5) is 0 Å². The number of nitrogens with zero attached hydrogens (tertiary/aromatic N) is 1. The lowest BCUT2D eigenvalue weighted by atomic mass is 9.89. The van der Waals surface area contributed by atoms with E-state index in [4.69, 9.17) is 0 Å². The quantitative estimate of drug-likeness (QED) is 0.801. The summed E-state index contributed by atoms with van der Waals surface area (Å²) in [4.78, 5) is 0. The van der Waals surface area contributed by atoms with Crippen LogP contribution in [0.5, 0.6) is 0 Å². The zero-order valence-corrected chi connectivity index (χ0v) is 16.6. The maximum atomic E-state index is 12.7. The Bertz CT molecular complexity index is 587. The van der Waals surface area contributed by atoms with Gasteiger partial charge < -0.3 is 5.32 Å². The van der Waals surface area contributed by atoms with E-state index < -0.39 is 10.0 Å². The van der Waals surface area contributed by atoms with Crippen LogP contribution >= 0.6 is 39.7 Å². The van der Waals surface area contributed by atoms with E-state index in [1.165, 1.54) is 24.2 Å². The van der Waals surface area contributed by atoms with Crippen molar-refractivity contribution >= 4 is 49.7 Å². The van der Waals surface area contributed by atoms with Crippen LogP contribution in [0.1, 0.15) is 31.2 Å². The predicted octanol–water partition coefficient (Wildman–Crippen LogP) is 3.39. The molecule has 1 aromatic rings. The van der Waals surface area contributed by atoms with Gasteiger partial charge in [0, 0.05) is 19.1 Å². The SMILES string of the molecule is Cc1cc(S(=O)(=O)N2CCC(C3CCCN3)CC2)sc1Br.Cl. The summed E-state index contributed by atoms with van der Waals surface area (Å²) >= 11 is 4.73. The molecule has 3 rings (SSSR count). The molecule has 1 N–H and O–H groups in total. The third-order valence-corrected chi connectivity index (χ3v) is 9.08. The van der Waals surface area contributed by atoms with Gasteiger partial charge in [-0.1, -0.05) is 0 Å². The van der Waals surface area contributed by atoms with E-state index in [-0.39, 0.29) is 12.4 Å². The van der Waals surface area contributed by atoms with Crippen LogP contribution in [0.15, 0.2) is 14.1 Å². The summed E-state index contributed by atoms with van der Waals surface area (Å²) in [5.41, 5.74) is 0.989. The van der Waals surface area contributed by atoms with Crippen molar-refractivity contribution < 1.29 is 8.42 Å². The van der Waals surface area contributed by atoms with Gasteiger partial charge in [0.15, 0.2) is 0 Å². The molecule has 3 heterocycles. The van der Waals surface area contributed by atoms with Crippen molar-refractivity contribution in [2.24, 2.45) is 5.92 Å². The average Bonchev–Trinajstić information content (AvgIpc) is 3.10. The number of piperidine rings is 1. The van der Waals surface area contributed by atoms with E-state index in [0.29, 0.717) is 29.3 Å². The van der Waals surface area contributed by atoms with E-state index in [1.54, 1.807) is 10.4 Å². The summed E-state index contributed by atoms with van der Waals surface area (Å²) in [6, 6.07) is 2.38. The Morgan fingerprint density at radius 1 is 1.32 bits per heavy atom. The molecule has 4 nitrogen and oxygen atoms in total. The van der Waals surface area contributed by atoms with Gasteiger partial charge in [-0.25, -0.2) is 8.42 Å². The van der Waals surface area contributed by atoms with Crippen molar-refractivity contribution in [2.45, 2.75) is 42.9 Å². The Kier molecular flexibility index (Phi) is 6.36. The van der Waals surface area contributed by atoms with Crippen molar-refractivity contribution in [1.82, 2.24) is 9.62 Å². The molecule has 0 aliphatic carbocycles. The normalized spacial score (nSPS) is 24.4. The molecule has 2 aliphatic rings. The lowest BCUT2D eigenvalue weighted by Gasteiger charge is -2.33. The summed E-state index contributed by atoms with van der Waals surface area (Å²) in [5, 5.41) is 3.55. The van der Waals surface area contributed by atoms with E-state index >= 15 is 0 Å². The molecule has 1 unspecified atom stereocenters. The topological polar surface area (TPSA) is 49.4 Å². The first-order chi connectivity index (χ1) is 9.98. The van der Waals surface area contributed by atoms with Gasteiger partial charge in [-0.2, -0.15) is 4.31 Å². The van der Waals surface area contributed by atoms with E-state index in [2.05, 4.69) is 21.2 Å². The highest BCUT2D eigenvalue weighted by atomic mass is 79.9. The molecule has 8 heteroatoms. The van der Waals surface area contributed by atoms with E-state index in [1.807, 2.05) is 6.92 Å². The fraction of sp³-hybridized carbons (Fsp3) is 0.714. The Morgan fingerprint density at radius 3 is 2.50 bits per heavy atom. The molecule has 2 fully saturated rings. The number of aryl methyl sites for hydroxylation is 1. The van der Waals surface area contributed by atoms with Gasteiger partial charge in [0.1, 0.15) is 4.21 Å². The average molecular weight is 430 g/mol. The van der Waals surface area contributed by atoms with Gasteiger partial charge in [-0.15, -0.1) is 23.7 Å².